The summed E-state index contributed by atoms with van der Waals surface area (Å²) in [5.74, 6) is 1.60. The van der Waals surface area contributed by atoms with Gasteiger partial charge in [-0.05, 0) is 38.0 Å². The summed E-state index contributed by atoms with van der Waals surface area (Å²) in [6.45, 7) is 8.87. The lowest BCUT2D eigenvalue weighted by Gasteiger charge is -2.21. The van der Waals surface area contributed by atoms with Crippen molar-refractivity contribution in [1.82, 2.24) is 0 Å². The van der Waals surface area contributed by atoms with Crippen LogP contribution in [-0.4, -0.2) is 58.6 Å². The van der Waals surface area contributed by atoms with E-state index in [0.29, 0.717) is 6.61 Å². The molecule has 0 bridgehead atoms. The fourth-order valence-electron chi connectivity index (χ4n) is 2.91. The molecule has 0 rings (SSSR count). The van der Waals surface area contributed by atoms with Gasteiger partial charge in [-0.1, -0.05) is 58.1 Å². The number of hydrogen-bond acceptors (Lipinski definition) is 5. The zero-order valence-electron chi connectivity index (χ0n) is 17.2. The van der Waals surface area contributed by atoms with Crippen LogP contribution in [0.15, 0.2) is 11.6 Å². The van der Waals surface area contributed by atoms with Crippen LogP contribution in [0, 0.1) is 11.8 Å². The van der Waals surface area contributed by atoms with Crippen molar-refractivity contribution in [3.05, 3.63) is 11.6 Å². The van der Waals surface area contributed by atoms with E-state index in [2.05, 4.69) is 33.8 Å². The summed E-state index contributed by atoms with van der Waals surface area (Å²) in [7, 11) is 0. The fraction of sp³-hybridized carbons (Fsp3) is 0.905. The van der Waals surface area contributed by atoms with Gasteiger partial charge < -0.3 is 25.2 Å². The molecule has 5 nitrogen and oxygen atoms in total. The monoisotopic (exact) mass is 374 g/mol. The van der Waals surface area contributed by atoms with Gasteiger partial charge in [-0.15, -0.1) is 0 Å². The Hall–Kier alpha value is -0.460. The largest absolute Gasteiger partial charge is 0.394 e. The average Bonchev–Trinajstić information content (AvgIpc) is 2.59. The van der Waals surface area contributed by atoms with Crippen LogP contribution in [0.25, 0.3) is 0 Å². The second-order valence-corrected chi connectivity index (χ2v) is 8.04. The van der Waals surface area contributed by atoms with E-state index in [1.54, 1.807) is 0 Å². The normalized spacial score (nSPS) is 17.3. The molecule has 0 amide bonds. The summed E-state index contributed by atoms with van der Waals surface area (Å²) >= 11 is 0. The quantitative estimate of drug-likeness (QED) is 0.246. The van der Waals surface area contributed by atoms with Crippen molar-refractivity contribution in [2.75, 3.05) is 19.8 Å². The molecule has 0 aromatic carbocycles. The predicted octanol–water partition coefficient (Wildman–Crippen LogP) is 3.05. The van der Waals surface area contributed by atoms with Crippen LogP contribution in [0.4, 0.5) is 0 Å². The Morgan fingerprint density at radius 2 is 1.62 bits per heavy atom. The Labute approximate surface area is 160 Å². The summed E-state index contributed by atoms with van der Waals surface area (Å²) < 4.78 is 5.32. The van der Waals surface area contributed by atoms with Gasteiger partial charge in [-0.25, -0.2) is 0 Å². The molecule has 0 aromatic heterocycles. The van der Waals surface area contributed by atoms with Crippen molar-refractivity contribution in [3.8, 4) is 0 Å². The minimum absolute atomic E-state index is 0.0565. The summed E-state index contributed by atoms with van der Waals surface area (Å²) in [6, 6.07) is 0. The zero-order valence-corrected chi connectivity index (χ0v) is 17.2. The first-order chi connectivity index (χ1) is 12.3. The third kappa shape index (κ3) is 13.7. The number of hydrogen-bond donors (Lipinski definition) is 4. The first-order valence-corrected chi connectivity index (χ1v) is 10.2. The molecule has 0 fully saturated rings. The van der Waals surface area contributed by atoms with Gasteiger partial charge in [0.2, 0.25) is 0 Å². The summed E-state index contributed by atoms with van der Waals surface area (Å²) in [4.78, 5) is 0. The van der Waals surface area contributed by atoms with E-state index in [1.807, 2.05) is 0 Å². The van der Waals surface area contributed by atoms with Crippen LogP contribution in [0.3, 0.4) is 0 Å². The van der Waals surface area contributed by atoms with Crippen LogP contribution >= 0.6 is 0 Å². The molecule has 0 heterocycles. The van der Waals surface area contributed by atoms with Gasteiger partial charge >= 0.3 is 0 Å². The summed E-state index contributed by atoms with van der Waals surface area (Å²) in [5, 5.41) is 37.1. The topological polar surface area (TPSA) is 90.2 Å². The average molecular weight is 375 g/mol. The lowest BCUT2D eigenvalue weighted by Crippen LogP contribution is -2.41. The third-order valence-electron chi connectivity index (χ3n) is 4.77. The molecule has 0 saturated carbocycles. The molecular weight excluding hydrogens is 332 g/mol. The second-order valence-electron chi connectivity index (χ2n) is 8.04. The Balaban J connectivity index is 3.73. The van der Waals surface area contributed by atoms with Gasteiger partial charge in [0.1, 0.15) is 18.3 Å². The number of rotatable bonds is 16. The van der Waals surface area contributed by atoms with Crippen molar-refractivity contribution in [2.45, 2.75) is 91.0 Å². The van der Waals surface area contributed by atoms with Crippen molar-refractivity contribution < 1.29 is 25.2 Å². The molecule has 0 saturated heterocycles. The highest BCUT2D eigenvalue weighted by molar-refractivity contribution is 4.97. The molecule has 4 unspecified atom stereocenters. The molecule has 0 radical (unpaired) electrons. The Morgan fingerprint density at radius 3 is 2.23 bits per heavy atom. The van der Waals surface area contributed by atoms with Crippen molar-refractivity contribution in [1.29, 1.82) is 0 Å². The van der Waals surface area contributed by atoms with Crippen LogP contribution in [0.5, 0.6) is 0 Å². The van der Waals surface area contributed by atoms with Crippen molar-refractivity contribution in [2.24, 2.45) is 11.8 Å². The van der Waals surface area contributed by atoms with E-state index in [4.69, 9.17) is 9.84 Å². The molecule has 156 valence electrons. The molecule has 0 aliphatic rings. The van der Waals surface area contributed by atoms with Gasteiger partial charge in [0.15, 0.2) is 0 Å². The van der Waals surface area contributed by atoms with Gasteiger partial charge in [0.05, 0.1) is 19.8 Å². The molecule has 4 atom stereocenters. The van der Waals surface area contributed by atoms with Gasteiger partial charge in [0, 0.05) is 0 Å². The molecule has 0 spiro atoms. The van der Waals surface area contributed by atoms with Crippen LogP contribution in [0.2, 0.25) is 0 Å². The number of allylic oxidation sites excluding steroid dienone is 1. The van der Waals surface area contributed by atoms with Crippen LogP contribution < -0.4 is 0 Å². The SMILES string of the molecule is C/C(=C\CCOCC(O)C(O)C(O)CO)CCCC(C)CCCC(C)C. The number of aliphatic hydroxyl groups is 4. The lowest BCUT2D eigenvalue weighted by molar-refractivity contribution is -0.0992. The Bertz CT molecular complexity index is 356. The van der Waals surface area contributed by atoms with E-state index in [0.717, 1.165) is 24.7 Å². The van der Waals surface area contributed by atoms with Crippen molar-refractivity contribution >= 4 is 0 Å². The third-order valence-corrected chi connectivity index (χ3v) is 4.77. The zero-order chi connectivity index (χ0) is 19.9. The van der Waals surface area contributed by atoms with E-state index in [9.17, 15) is 15.3 Å². The van der Waals surface area contributed by atoms with Crippen LogP contribution in [0.1, 0.15) is 72.6 Å². The van der Waals surface area contributed by atoms with E-state index < -0.39 is 24.9 Å². The first kappa shape index (κ1) is 25.5. The van der Waals surface area contributed by atoms with E-state index in [1.165, 1.54) is 37.7 Å². The first-order valence-electron chi connectivity index (χ1n) is 10.2. The maximum atomic E-state index is 9.63. The minimum atomic E-state index is -1.39. The standard InChI is InChI=1S/C21H42O5/c1-16(2)8-5-9-17(3)10-6-11-18(4)12-7-13-26-15-20(24)21(25)19(23)14-22/h12,16-17,19-25H,5-11,13-15H2,1-4H3/b18-12+. The Kier molecular flexibility index (Phi) is 15.3. The number of ether oxygens (including phenoxy) is 1. The van der Waals surface area contributed by atoms with Gasteiger partial charge in [-0.2, -0.15) is 0 Å². The molecule has 5 heteroatoms. The molecule has 4 N–H and O–H groups in total. The lowest BCUT2D eigenvalue weighted by atomic mass is 9.94. The smallest absolute Gasteiger partial charge is 0.110 e. The molecule has 26 heavy (non-hydrogen) atoms. The highest BCUT2D eigenvalue weighted by Gasteiger charge is 2.23. The highest BCUT2D eigenvalue weighted by Crippen LogP contribution is 2.19. The summed E-state index contributed by atoms with van der Waals surface area (Å²) in [5.41, 5.74) is 1.36. The molecule has 0 aliphatic heterocycles. The molecular formula is C21H42O5. The Morgan fingerprint density at radius 1 is 0.962 bits per heavy atom. The second kappa shape index (κ2) is 15.6. The maximum absolute atomic E-state index is 9.63. The molecule has 0 aromatic rings. The molecule has 0 aliphatic carbocycles. The van der Waals surface area contributed by atoms with Crippen LogP contribution in [-0.2, 0) is 4.74 Å². The highest BCUT2D eigenvalue weighted by atomic mass is 16.5. The fourth-order valence-corrected chi connectivity index (χ4v) is 2.91. The number of aliphatic hydroxyl groups excluding tert-OH is 4. The van der Waals surface area contributed by atoms with Gasteiger partial charge in [-0.3, -0.25) is 0 Å². The predicted molar refractivity (Wildman–Crippen MR) is 106 cm³/mol. The van der Waals surface area contributed by atoms with Crippen molar-refractivity contribution in [3.63, 3.8) is 0 Å². The summed E-state index contributed by atoms with van der Waals surface area (Å²) in [6.07, 6.45) is 6.59. The minimum Gasteiger partial charge on any atom is -0.394 e. The van der Waals surface area contributed by atoms with Gasteiger partial charge in [0.25, 0.3) is 0 Å². The van der Waals surface area contributed by atoms with E-state index in [-0.39, 0.29) is 6.61 Å². The van der Waals surface area contributed by atoms with E-state index >= 15 is 0 Å². The maximum Gasteiger partial charge on any atom is 0.110 e.